The average Bonchev–Trinajstić information content (AvgIpc) is 4.31. The van der Waals surface area contributed by atoms with Crippen LogP contribution < -0.4 is 5.73 Å². The molecule has 6 aromatic heterocycles. The van der Waals surface area contributed by atoms with Crippen LogP contribution in [-0.2, 0) is 55.8 Å². The molecule has 2 saturated heterocycles. The number of fused-ring (bicyclic) bond motifs is 2. The second kappa shape index (κ2) is 22.7. The first-order valence-corrected chi connectivity index (χ1v) is 26.1. The molecule has 0 saturated carbocycles. The number of esters is 2. The number of halogens is 1. The lowest BCUT2D eigenvalue weighted by atomic mass is 9.90. The molecule has 2 amide bonds. The molecule has 8 aromatic rings. The summed E-state index contributed by atoms with van der Waals surface area (Å²) in [4.78, 5) is 65.6. The van der Waals surface area contributed by atoms with Gasteiger partial charge in [0.05, 0.1) is 36.2 Å². The molecule has 408 valence electrons. The van der Waals surface area contributed by atoms with Crippen molar-refractivity contribution in [3.05, 3.63) is 138 Å². The van der Waals surface area contributed by atoms with Crippen molar-refractivity contribution in [3.63, 3.8) is 0 Å². The number of nitrogens with two attached hydrogens (primary N) is 1. The topological polar surface area (TPSA) is 234 Å². The summed E-state index contributed by atoms with van der Waals surface area (Å²) in [7, 11) is 3.69. The van der Waals surface area contributed by atoms with Gasteiger partial charge in [0.2, 0.25) is 0 Å². The molecule has 21 nitrogen and oxygen atoms in total. The third kappa shape index (κ3) is 12.7. The van der Waals surface area contributed by atoms with Crippen LogP contribution in [0.25, 0.3) is 33.5 Å². The first-order valence-electron chi connectivity index (χ1n) is 25.7. The zero-order valence-corrected chi connectivity index (χ0v) is 45.7. The van der Waals surface area contributed by atoms with E-state index in [0.717, 1.165) is 33.4 Å². The van der Waals surface area contributed by atoms with E-state index < -0.39 is 47.4 Å². The maximum atomic E-state index is 13.3. The van der Waals surface area contributed by atoms with Crippen molar-refractivity contribution in [2.24, 2.45) is 14.1 Å². The van der Waals surface area contributed by atoms with E-state index in [4.69, 9.17) is 46.3 Å². The van der Waals surface area contributed by atoms with E-state index in [0.29, 0.717) is 59.3 Å². The van der Waals surface area contributed by atoms with Gasteiger partial charge in [-0.2, -0.15) is 24.9 Å². The molecule has 0 radical (unpaired) electrons. The number of benzene rings is 2. The minimum atomic E-state index is -0.760. The molecule has 2 aliphatic heterocycles. The van der Waals surface area contributed by atoms with E-state index >= 15 is 0 Å². The van der Waals surface area contributed by atoms with E-state index in [1.54, 1.807) is 76.1 Å². The minimum absolute atomic E-state index is 0.0994. The second-order valence-corrected chi connectivity index (χ2v) is 21.9. The van der Waals surface area contributed by atoms with Crippen molar-refractivity contribution in [1.82, 2.24) is 58.6 Å². The highest BCUT2D eigenvalue weighted by Gasteiger charge is 2.42. The number of hydrogen-bond acceptors (Lipinski definition) is 15. The van der Waals surface area contributed by atoms with Crippen LogP contribution in [0.5, 0.6) is 0 Å². The summed E-state index contributed by atoms with van der Waals surface area (Å²) in [6.45, 7) is 11.5. The summed E-state index contributed by atoms with van der Waals surface area (Å²) in [5.74, 6) is -0.814. The van der Waals surface area contributed by atoms with Crippen molar-refractivity contribution < 1.29 is 38.1 Å². The van der Waals surface area contributed by atoms with Gasteiger partial charge in [0.1, 0.15) is 47.5 Å². The van der Waals surface area contributed by atoms with Gasteiger partial charge in [-0.3, -0.25) is 19.2 Å². The number of amides is 2. The van der Waals surface area contributed by atoms with Crippen molar-refractivity contribution in [1.29, 1.82) is 0 Å². The Bertz CT molecular complexity index is 3210. The normalized spacial score (nSPS) is 17.8. The minimum Gasteiger partial charge on any atom is -0.458 e. The Labute approximate surface area is 456 Å². The number of rotatable bonds is 10. The van der Waals surface area contributed by atoms with Gasteiger partial charge in [0.25, 0.3) is 0 Å². The number of aromatic nitrogens is 10. The number of nitrogens with zero attached hydrogens (tertiary/aromatic N) is 12. The zero-order valence-electron chi connectivity index (χ0n) is 44.9. The van der Waals surface area contributed by atoms with Gasteiger partial charge < -0.3 is 24.7 Å². The maximum Gasteiger partial charge on any atom is 0.410 e. The molecule has 0 spiro atoms. The molecule has 2 fully saturated rings. The van der Waals surface area contributed by atoms with Gasteiger partial charge >= 0.3 is 24.1 Å². The molecule has 78 heavy (non-hydrogen) atoms. The van der Waals surface area contributed by atoms with Crippen LogP contribution in [0, 0.1) is 0 Å². The maximum absolute atomic E-state index is 13.3. The standard InChI is InChI=1S/C28H31ClN6O4.C28H33N7O4/c2*1-28(2,3)39-26(36)23-11-10-19(16-34(23)27(37)38-17-18-8-6-5-7-9-18)22-12-24(29)35-25(32-22)21(14-31-35)20-13-30-33(4)15-20/h5-9,12-15,19,23H,10-11,16-17H2,1-4H3;5-9,12-15,19,23H,10-11,16-17,29H2,1-4H3/t2*19-,23-/m00/s1. The van der Waals surface area contributed by atoms with E-state index in [1.165, 1.54) is 9.80 Å². The van der Waals surface area contributed by atoms with Crippen LogP contribution in [0.4, 0.5) is 15.4 Å². The number of anilines is 1. The number of hydrogen-bond donors (Lipinski definition) is 1. The lowest BCUT2D eigenvalue weighted by Gasteiger charge is -2.38. The van der Waals surface area contributed by atoms with E-state index in [1.807, 2.05) is 108 Å². The van der Waals surface area contributed by atoms with Gasteiger partial charge in [-0.15, -0.1) is 0 Å². The Morgan fingerprint density at radius 1 is 0.590 bits per heavy atom. The fourth-order valence-corrected chi connectivity index (χ4v) is 9.79. The molecule has 22 heteroatoms. The fraction of sp³-hybridized carbons (Fsp3) is 0.393. The first-order chi connectivity index (χ1) is 37.2. The third-order valence-corrected chi connectivity index (χ3v) is 13.5. The van der Waals surface area contributed by atoms with E-state index in [2.05, 4.69) is 20.4 Å². The summed E-state index contributed by atoms with van der Waals surface area (Å²) < 4.78 is 29.2. The lowest BCUT2D eigenvalue weighted by molar-refractivity contribution is -0.163. The van der Waals surface area contributed by atoms with Crippen LogP contribution in [-0.4, -0.2) is 119 Å². The highest BCUT2D eigenvalue weighted by molar-refractivity contribution is 6.29. The third-order valence-electron chi connectivity index (χ3n) is 13.2. The molecule has 0 bridgehead atoms. The van der Waals surface area contributed by atoms with Crippen molar-refractivity contribution >= 4 is 52.8 Å². The Morgan fingerprint density at radius 3 is 1.44 bits per heavy atom. The number of carbonyl (C=O) groups is 4. The van der Waals surface area contributed by atoms with Gasteiger partial charge in [-0.05, 0) is 84.4 Å². The Morgan fingerprint density at radius 2 is 1.01 bits per heavy atom. The fourth-order valence-electron chi connectivity index (χ4n) is 9.56. The molecule has 2 N–H and O–H groups in total. The summed E-state index contributed by atoms with van der Waals surface area (Å²) >= 11 is 6.62. The summed E-state index contributed by atoms with van der Waals surface area (Å²) in [5.41, 5.74) is 12.7. The van der Waals surface area contributed by atoms with E-state index in [9.17, 15) is 19.2 Å². The van der Waals surface area contributed by atoms with Gasteiger partial charge in [0, 0.05) is 79.7 Å². The average molecular weight is 1080 g/mol. The number of piperidine rings is 2. The summed E-state index contributed by atoms with van der Waals surface area (Å²) in [6.07, 6.45) is 11.6. The van der Waals surface area contributed by atoms with Crippen molar-refractivity contribution in [3.8, 4) is 22.3 Å². The van der Waals surface area contributed by atoms with E-state index in [-0.39, 0.29) is 38.1 Å². The number of ether oxygens (including phenoxy) is 4. The predicted molar refractivity (Wildman–Crippen MR) is 290 cm³/mol. The largest absolute Gasteiger partial charge is 0.458 e. The van der Waals surface area contributed by atoms with Crippen LogP contribution in [0.15, 0.2) is 110 Å². The lowest BCUT2D eigenvalue weighted by Crippen LogP contribution is -2.52. The summed E-state index contributed by atoms with van der Waals surface area (Å²) in [5, 5.41) is 17.7. The molecular weight excluding hydrogens is 1020 g/mol. The molecule has 10 rings (SSSR count). The highest BCUT2D eigenvalue weighted by Crippen LogP contribution is 2.36. The van der Waals surface area contributed by atoms with Crippen LogP contribution in [0.1, 0.15) is 102 Å². The molecule has 2 aliphatic rings. The van der Waals surface area contributed by atoms with Gasteiger partial charge in [-0.1, -0.05) is 72.3 Å². The quantitative estimate of drug-likeness (QED) is 0.0765. The van der Waals surface area contributed by atoms with Crippen LogP contribution >= 0.6 is 11.6 Å². The molecular formula is C56H64ClN13O8. The Kier molecular flexibility index (Phi) is 15.9. The molecule has 8 heterocycles. The zero-order chi connectivity index (χ0) is 55.5. The van der Waals surface area contributed by atoms with Crippen molar-refractivity contribution in [2.75, 3.05) is 18.8 Å². The summed E-state index contributed by atoms with van der Waals surface area (Å²) in [6, 6.07) is 20.9. The van der Waals surface area contributed by atoms with Gasteiger partial charge in [0.15, 0.2) is 11.3 Å². The highest BCUT2D eigenvalue weighted by atomic mass is 35.5. The number of likely N-dealkylation sites (tertiary alicyclic amines) is 2. The number of carbonyl (C=O) groups excluding carboxylic acids is 4. The van der Waals surface area contributed by atoms with Crippen molar-refractivity contribution in [2.45, 2.75) is 116 Å². The van der Waals surface area contributed by atoms with Gasteiger partial charge in [-0.25, -0.2) is 33.7 Å². The molecule has 2 aromatic carbocycles. The first kappa shape index (κ1) is 54.5. The Balaban J connectivity index is 0.000000190. The predicted octanol–water partition coefficient (Wildman–Crippen LogP) is 8.95. The Hall–Kier alpha value is -8.33. The van der Waals surface area contributed by atoms with Crippen LogP contribution in [0.2, 0.25) is 5.15 Å². The molecule has 0 aliphatic carbocycles. The van der Waals surface area contributed by atoms with Crippen LogP contribution in [0.3, 0.4) is 0 Å². The number of aryl methyl sites for hydroxylation is 2. The molecule has 0 unspecified atom stereocenters. The molecule has 4 atom stereocenters. The SMILES string of the molecule is Cn1cc(-c2cnn3c(Cl)cc([C@H]4CC[C@@H](C(=O)OC(C)(C)C)N(C(=O)OCc5ccccc5)C4)nc23)cn1.Cn1cc(-c2cnn3c(N)cc([C@H]4CC[C@@H](C(=O)OC(C)(C)C)N(C(=O)OCc5ccccc5)C4)nc23)cn1. The number of nitrogen functional groups attached to an aromatic ring is 1. The monoisotopic (exact) mass is 1080 g/mol. The smallest absolute Gasteiger partial charge is 0.410 e. The second-order valence-electron chi connectivity index (χ2n) is 21.5.